The molecule has 0 bridgehead atoms. The van der Waals surface area contributed by atoms with Crippen LogP contribution in [0, 0.1) is 11.7 Å². The third-order valence-corrected chi connectivity index (χ3v) is 5.50. The van der Waals surface area contributed by atoms with Gasteiger partial charge in [0.1, 0.15) is 5.82 Å². The molecule has 31 heavy (non-hydrogen) atoms. The molecule has 0 radical (unpaired) electrons. The zero-order chi connectivity index (χ0) is 22.2. The molecule has 1 aliphatic heterocycles. The van der Waals surface area contributed by atoms with Crippen molar-refractivity contribution < 1.29 is 23.4 Å². The van der Waals surface area contributed by atoms with E-state index in [9.17, 15) is 9.18 Å². The van der Waals surface area contributed by atoms with E-state index in [2.05, 4.69) is 0 Å². The molecule has 2 aromatic carbocycles. The standard InChI is InChI=1S/C25H32FNO4/c1-4-29-22-16-20(17-23(30-5-2)24(22)31-6-3)25(28)27-13-11-19(12-14-27)15-18-7-9-21(26)10-8-18/h7-10,16-17,19H,4-6,11-15H2,1-3H3. The highest BCUT2D eigenvalue weighted by atomic mass is 19.1. The SMILES string of the molecule is CCOc1cc(C(=O)N2CCC(Cc3ccc(F)cc3)CC2)cc(OCC)c1OCC. The molecule has 3 rings (SSSR count). The molecule has 2 aromatic rings. The molecule has 0 atom stereocenters. The van der Waals surface area contributed by atoms with E-state index in [0.29, 0.717) is 61.6 Å². The van der Waals surface area contributed by atoms with Crippen LogP contribution in [0.1, 0.15) is 49.5 Å². The van der Waals surface area contributed by atoms with Gasteiger partial charge in [-0.25, -0.2) is 4.39 Å². The van der Waals surface area contributed by atoms with Crippen molar-refractivity contribution >= 4 is 5.91 Å². The van der Waals surface area contributed by atoms with Crippen LogP contribution in [0.25, 0.3) is 0 Å². The quantitative estimate of drug-likeness (QED) is 0.555. The van der Waals surface area contributed by atoms with Gasteiger partial charge in [-0.2, -0.15) is 0 Å². The highest BCUT2D eigenvalue weighted by Gasteiger charge is 2.26. The van der Waals surface area contributed by atoms with Crippen LogP contribution in [0.15, 0.2) is 36.4 Å². The lowest BCUT2D eigenvalue weighted by molar-refractivity contribution is 0.0689. The van der Waals surface area contributed by atoms with Crippen LogP contribution < -0.4 is 14.2 Å². The third-order valence-electron chi connectivity index (χ3n) is 5.50. The second-order valence-corrected chi connectivity index (χ2v) is 7.67. The largest absolute Gasteiger partial charge is 0.490 e. The Morgan fingerprint density at radius 3 is 2.00 bits per heavy atom. The lowest BCUT2D eigenvalue weighted by Crippen LogP contribution is -2.39. The maximum absolute atomic E-state index is 13.2. The Labute approximate surface area is 184 Å². The number of carbonyl (C=O) groups is 1. The maximum Gasteiger partial charge on any atom is 0.254 e. The first-order valence-corrected chi connectivity index (χ1v) is 11.2. The number of piperidine rings is 1. The first kappa shape index (κ1) is 22.9. The predicted molar refractivity (Wildman–Crippen MR) is 119 cm³/mol. The highest BCUT2D eigenvalue weighted by molar-refractivity contribution is 5.95. The second kappa shape index (κ2) is 11.0. The van der Waals surface area contributed by atoms with Crippen molar-refractivity contribution in [2.24, 2.45) is 5.92 Å². The van der Waals surface area contributed by atoms with Gasteiger partial charge in [-0.3, -0.25) is 4.79 Å². The summed E-state index contributed by atoms with van der Waals surface area (Å²) >= 11 is 0. The van der Waals surface area contributed by atoms with Gasteiger partial charge >= 0.3 is 0 Å². The number of ether oxygens (including phenoxy) is 3. The monoisotopic (exact) mass is 429 g/mol. The zero-order valence-corrected chi connectivity index (χ0v) is 18.7. The maximum atomic E-state index is 13.2. The van der Waals surface area contributed by atoms with Crippen molar-refractivity contribution in [3.63, 3.8) is 0 Å². The Morgan fingerprint density at radius 1 is 0.935 bits per heavy atom. The molecule has 1 heterocycles. The molecule has 168 valence electrons. The number of carbonyl (C=O) groups excluding carboxylic acids is 1. The van der Waals surface area contributed by atoms with E-state index in [4.69, 9.17) is 14.2 Å². The van der Waals surface area contributed by atoms with Crippen molar-refractivity contribution in [2.45, 2.75) is 40.0 Å². The van der Waals surface area contributed by atoms with Crippen molar-refractivity contribution in [3.8, 4) is 17.2 Å². The summed E-state index contributed by atoms with van der Waals surface area (Å²) in [5, 5.41) is 0. The molecule has 1 saturated heterocycles. The van der Waals surface area contributed by atoms with Gasteiger partial charge in [0.25, 0.3) is 5.91 Å². The molecule has 0 aliphatic carbocycles. The van der Waals surface area contributed by atoms with Gasteiger partial charge < -0.3 is 19.1 Å². The Hall–Kier alpha value is -2.76. The fourth-order valence-corrected chi connectivity index (χ4v) is 3.99. The Morgan fingerprint density at radius 2 is 1.48 bits per heavy atom. The van der Waals surface area contributed by atoms with Gasteiger partial charge in [-0.1, -0.05) is 12.1 Å². The van der Waals surface area contributed by atoms with Crippen LogP contribution in [0.5, 0.6) is 17.2 Å². The number of nitrogens with zero attached hydrogens (tertiary/aromatic N) is 1. The van der Waals surface area contributed by atoms with Gasteiger partial charge in [0.05, 0.1) is 19.8 Å². The second-order valence-electron chi connectivity index (χ2n) is 7.67. The summed E-state index contributed by atoms with van der Waals surface area (Å²) in [5.41, 5.74) is 1.69. The molecule has 1 aliphatic rings. The van der Waals surface area contributed by atoms with Crippen LogP contribution in [0.2, 0.25) is 0 Å². The number of likely N-dealkylation sites (tertiary alicyclic amines) is 1. The van der Waals surface area contributed by atoms with Gasteiger partial charge in [0.15, 0.2) is 11.5 Å². The predicted octanol–water partition coefficient (Wildman–Crippen LogP) is 5.12. The first-order chi connectivity index (χ1) is 15.0. The topological polar surface area (TPSA) is 48.0 Å². The molecular weight excluding hydrogens is 397 g/mol. The van der Waals surface area contributed by atoms with Crippen molar-refractivity contribution in [2.75, 3.05) is 32.9 Å². The molecule has 1 fully saturated rings. The lowest BCUT2D eigenvalue weighted by atomic mass is 9.90. The summed E-state index contributed by atoms with van der Waals surface area (Å²) in [6.07, 6.45) is 2.77. The third kappa shape index (κ3) is 5.90. The van der Waals surface area contributed by atoms with Gasteiger partial charge in [-0.05, 0) is 75.8 Å². The van der Waals surface area contributed by atoms with Crippen LogP contribution >= 0.6 is 0 Å². The van der Waals surface area contributed by atoms with Crippen LogP contribution in [0.3, 0.4) is 0 Å². The minimum absolute atomic E-state index is 0.0230. The van der Waals surface area contributed by atoms with E-state index in [-0.39, 0.29) is 11.7 Å². The summed E-state index contributed by atoms with van der Waals surface area (Å²) in [5.74, 6) is 1.87. The normalized spacial score (nSPS) is 14.4. The molecule has 0 saturated carbocycles. The van der Waals surface area contributed by atoms with Gasteiger partial charge in [-0.15, -0.1) is 0 Å². The first-order valence-electron chi connectivity index (χ1n) is 11.2. The number of benzene rings is 2. The molecular formula is C25H32FNO4. The van der Waals surface area contributed by atoms with E-state index >= 15 is 0 Å². The van der Waals surface area contributed by atoms with E-state index in [1.807, 2.05) is 37.8 Å². The molecule has 0 unspecified atom stereocenters. The molecule has 1 amide bonds. The molecule has 6 heteroatoms. The summed E-state index contributed by atoms with van der Waals surface area (Å²) in [4.78, 5) is 15.1. The number of hydrogen-bond donors (Lipinski definition) is 0. The van der Waals surface area contributed by atoms with Gasteiger partial charge in [0.2, 0.25) is 5.75 Å². The number of amides is 1. The van der Waals surface area contributed by atoms with Gasteiger partial charge in [0, 0.05) is 18.7 Å². The molecule has 0 aromatic heterocycles. The number of hydrogen-bond acceptors (Lipinski definition) is 4. The number of rotatable bonds is 9. The van der Waals surface area contributed by atoms with Crippen LogP contribution in [0.4, 0.5) is 4.39 Å². The smallest absolute Gasteiger partial charge is 0.254 e. The summed E-state index contributed by atoms with van der Waals surface area (Å²) in [6.45, 7) is 8.52. The fourth-order valence-electron chi connectivity index (χ4n) is 3.99. The van der Waals surface area contributed by atoms with E-state index in [1.54, 1.807) is 12.1 Å². The minimum Gasteiger partial charge on any atom is -0.490 e. The van der Waals surface area contributed by atoms with Crippen molar-refractivity contribution in [1.82, 2.24) is 4.90 Å². The zero-order valence-electron chi connectivity index (χ0n) is 18.7. The van der Waals surface area contributed by atoms with Crippen LogP contribution in [-0.2, 0) is 6.42 Å². The average Bonchev–Trinajstić information content (AvgIpc) is 2.78. The van der Waals surface area contributed by atoms with Crippen molar-refractivity contribution in [1.29, 1.82) is 0 Å². The van der Waals surface area contributed by atoms with Crippen LogP contribution in [-0.4, -0.2) is 43.7 Å². The van der Waals surface area contributed by atoms with E-state index < -0.39 is 0 Å². The Bertz CT molecular complexity index is 833. The van der Waals surface area contributed by atoms with E-state index in [0.717, 1.165) is 24.8 Å². The Balaban J connectivity index is 1.70. The van der Waals surface area contributed by atoms with Crippen molar-refractivity contribution in [3.05, 3.63) is 53.3 Å². The minimum atomic E-state index is -0.211. The molecule has 5 nitrogen and oxygen atoms in total. The highest BCUT2D eigenvalue weighted by Crippen LogP contribution is 2.39. The summed E-state index contributed by atoms with van der Waals surface area (Å²) in [6, 6.07) is 10.2. The average molecular weight is 430 g/mol. The fraction of sp³-hybridized carbons (Fsp3) is 0.480. The lowest BCUT2D eigenvalue weighted by Gasteiger charge is -2.32. The Kier molecular flexibility index (Phi) is 8.15. The number of halogens is 1. The van der Waals surface area contributed by atoms with E-state index in [1.165, 1.54) is 12.1 Å². The molecule has 0 spiro atoms. The summed E-state index contributed by atoms with van der Waals surface area (Å²) in [7, 11) is 0. The summed E-state index contributed by atoms with van der Waals surface area (Å²) < 4.78 is 30.3. The molecule has 0 N–H and O–H groups in total.